The molecular formula is C20H23N4O2+. The topological polar surface area (TPSA) is 86.4 Å². The van der Waals surface area contributed by atoms with Gasteiger partial charge in [-0.25, -0.2) is 0 Å². The lowest BCUT2D eigenvalue weighted by Gasteiger charge is -2.22. The molecule has 0 radical (unpaired) electrons. The molecule has 2 aromatic carbocycles. The summed E-state index contributed by atoms with van der Waals surface area (Å²) in [5.74, 6) is -0.536. The molecular weight excluding hydrogens is 328 g/mol. The largest absolute Gasteiger partial charge is 0.346 e. The molecule has 0 aromatic heterocycles. The maximum atomic E-state index is 12.4. The highest BCUT2D eigenvalue weighted by molar-refractivity contribution is 5.96. The first-order valence-electron chi connectivity index (χ1n) is 8.41. The van der Waals surface area contributed by atoms with Gasteiger partial charge >= 0.3 is 0 Å². The molecule has 0 aliphatic rings. The maximum Gasteiger partial charge on any atom is 0.251 e. The first-order valence-corrected chi connectivity index (χ1v) is 8.41. The number of hydrogen-bond donors (Lipinski definition) is 3. The zero-order valence-electron chi connectivity index (χ0n) is 15.0. The van der Waals surface area contributed by atoms with Crippen molar-refractivity contribution in [3.8, 4) is 6.07 Å². The molecule has 0 aliphatic carbocycles. The summed E-state index contributed by atoms with van der Waals surface area (Å²) in [5.41, 5.74) is 2.24. The fraction of sp³-hybridized carbons (Fsp3) is 0.250. The van der Waals surface area contributed by atoms with E-state index in [9.17, 15) is 9.59 Å². The molecule has 2 amide bonds. The zero-order valence-corrected chi connectivity index (χ0v) is 15.0. The van der Waals surface area contributed by atoms with Crippen LogP contribution in [0, 0.1) is 11.3 Å². The first-order chi connectivity index (χ1) is 12.5. The molecule has 0 spiro atoms. The minimum Gasteiger partial charge on any atom is -0.346 e. The molecule has 0 saturated heterocycles. The van der Waals surface area contributed by atoms with Gasteiger partial charge in [0.2, 0.25) is 5.91 Å². The second-order valence-corrected chi connectivity index (χ2v) is 6.21. The van der Waals surface area contributed by atoms with Crippen molar-refractivity contribution in [2.75, 3.05) is 26.0 Å². The average molecular weight is 351 g/mol. The Labute approximate surface area is 153 Å². The number of likely N-dealkylation sites (N-methyl/N-ethyl adjacent to an activating group) is 1. The Hall–Kier alpha value is -3.17. The number of anilines is 1. The molecule has 6 heteroatoms. The van der Waals surface area contributed by atoms with E-state index < -0.39 is 0 Å². The molecule has 134 valence electrons. The summed E-state index contributed by atoms with van der Waals surface area (Å²) in [6.07, 6.45) is -0.198. The minimum atomic E-state index is -0.371. The summed E-state index contributed by atoms with van der Waals surface area (Å²) in [4.78, 5) is 25.0. The van der Waals surface area contributed by atoms with Crippen LogP contribution in [0.25, 0.3) is 0 Å². The van der Waals surface area contributed by atoms with Crippen LogP contribution in [0.1, 0.15) is 28.4 Å². The van der Waals surface area contributed by atoms with Gasteiger partial charge in [-0.05, 0) is 24.3 Å². The Morgan fingerprint density at radius 2 is 1.73 bits per heavy atom. The van der Waals surface area contributed by atoms with E-state index in [4.69, 9.17) is 5.26 Å². The van der Waals surface area contributed by atoms with Crippen LogP contribution < -0.4 is 15.5 Å². The average Bonchev–Trinajstić information content (AvgIpc) is 2.63. The van der Waals surface area contributed by atoms with Crippen LogP contribution in [0.3, 0.4) is 0 Å². The molecule has 0 aliphatic heterocycles. The lowest BCUT2D eigenvalue weighted by molar-refractivity contribution is -0.890. The summed E-state index contributed by atoms with van der Waals surface area (Å²) in [5, 5.41) is 14.1. The van der Waals surface area contributed by atoms with Gasteiger partial charge < -0.3 is 15.5 Å². The van der Waals surface area contributed by atoms with Crippen LogP contribution in [-0.4, -0.2) is 32.5 Å². The number of carbonyl (C=O) groups excluding carboxylic acids is 2. The van der Waals surface area contributed by atoms with Gasteiger partial charge in [0, 0.05) is 16.8 Å². The van der Waals surface area contributed by atoms with E-state index in [2.05, 4.69) is 36.9 Å². The Morgan fingerprint density at radius 3 is 2.31 bits per heavy atom. The number of carbonyl (C=O) groups is 2. The molecule has 0 unspecified atom stereocenters. The number of hydrogen-bond acceptors (Lipinski definition) is 3. The van der Waals surface area contributed by atoms with Crippen molar-refractivity contribution < 1.29 is 14.5 Å². The van der Waals surface area contributed by atoms with E-state index >= 15 is 0 Å². The third-order valence-electron chi connectivity index (χ3n) is 4.04. The highest BCUT2D eigenvalue weighted by Gasteiger charge is 2.18. The van der Waals surface area contributed by atoms with E-state index in [1.54, 1.807) is 30.3 Å². The molecule has 6 nitrogen and oxygen atoms in total. The Morgan fingerprint density at radius 1 is 1.08 bits per heavy atom. The molecule has 2 aromatic rings. The van der Waals surface area contributed by atoms with Gasteiger partial charge in [0.05, 0.1) is 26.7 Å². The first kappa shape index (κ1) is 19.2. The molecule has 0 fully saturated rings. The van der Waals surface area contributed by atoms with E-state index in [1.165, 1.54) is 10.5 Å². The fourth-order valence-corrected chi connectivity index (χ4v) is 2.62. The van der Waals surface area contributed by atoms with Crippen molar-refractivity contribution in [3.05, 3.63) is 65.7 Å². The summed E-state index contributed by atoms with van der Waals surface area (Å²) < 4.78 is 0. The Bertz CT molecular complexity index is 780. The SMILES string of the molecule is C[NH+](C)[C@H](CNC(=O)c1ccc(NC(=O)CC#N)cc1)c1ccccc1. The van der Waals surface area contributed by atoms with E-state index in [-0.39, 0.29) is 24.3 Å². The highest BCUT2D eigenvalue weighted by Crippen LogP contribution is 2.11. The van der Waals surface area contributed by atoms with Crippen LogP contribution in [0.5, 0.6) is 0 Å². The summed E-state index contributed by atoms with van der Waals surface area (Å²) in [6, 6.07) is 18.6. The third kappa shape index (κ3) is 5.43. The number of quaternary nitrogens is 1. The lowest BCUT2D eigenvalue weighted by atomic mass is 10.1. The summed E-state index contributed by atoms with van der Waals surface area (Å²) >= 11 is 0. The molecule has 0 heterocycles. The van der Waals surface area contributed by atoms with Gasteiger partial charge in [0.1, 0.15) is 12.5 Å². The zero-order chi connectivity index (χ0) is 18.9. The van der Waals surface area contributed by atoms with Gasteiger partial charge in [0.15, 0.2) is 0 Å². The van der Waals surface area contributed by atoms with E-state index in [1.807, 2.05) is 18.2 Å². The smallest absolute Gasteiger partial charge is 0.251 e. The van der Waals surface area contributed by atoms with Crippen molar-refractivity contribution >= 4 is 17.5 Å². The molecule has 0 saturated carbocycles. The van der Waals surface area contributed by atoms with Crippen LogP contribution in [-0.2, 0) is 4.79 Å². The molecule has 3 N–H and O–H groups in total. The molecule has 1 atom stereocenters. The third-order valence-corrected chi connectivity index (χ3v) is 4.04. The Kier molecular flexibility index (Phi) is 6.89. The molecule has 26 heavy (non-hydrogen) atoms. The predicted octanol–water partition coefficient (Wildman–Crippen LogP) is 1.15. The predicted molar refractivity (Wildman–Crippen MR) is 99.6 cm³/mol. The van der Waals surface area contributed by atoms with Gasteiger partial charge in [-0.2, -0.15) is 5.26 Å². The molecule has 2 rings (SSSR count). The second kappa shape index (κ2) is 9.35. The van der Waals surface area contributed by atoms with Crippen LogP contribution in [0.2, 0.25) is 0 Å². The summed E-state index contributed by atoms with van der Waals surface area (Å²) in [7, 11) is 4.12. The van der Waals surface area contributed by atoms with Crippen LogP contribution in [0.15, 0.2) is 54.6 Å². The molecule has 0 bridgehead atoms. The van der Waals surface area contributed by atoms with Gasteiger partial charge in [-0.3, -0.25) is 9.59 Å². The van der Waals surface area contributed by atoms with Crippen molar-refractivity contribution in [2.45, 2.75) is 12.5 Å². The van der Waals surface area contributed by atoms with Crippen LogP contribution in [0.4, 0.5) is 5.69 Å². The van der Waals surface area contributed by atoms with E-state index in [0.717, 1.165) is 0 Å². The van der Waals surface area contributed by atoms with Gasteiger partial charge in [-0.1, -0.05) is 30.3 Å². The van der Waals surface area contributed by atoms with Crippen molar-refractivity contribution in [2.24, 2.45) is 0 Å². The highest BCUT2D eigenvalue weighted by atomic mass is 16.2. The number of rotatable bonds is 7. The second-order valence-electron chi connectivity index (χ2n) is 6.21. The van der Waals surface area contributed by atoms with Crippen molar-refractivity contribution in [1.29, 1.82) is 5.26 Å². The lowest BCUT2D eigenvalue weighted by Crippen LogP contribution is -3.07. The maximum absolute atomic E-state index is 12.4. The van der Waals surface area contributed by atoms with Crippen molar-refractivity contribution in [3.63, 3.8) is 0 Å². The Balaban J connectivity index is 1.96. The number of amides is 2. The number of nitriles is 1. The monoisotopic (exact) mass is 351 g/mol. The van der Waals surface area contributed by atoms with Gasteiger partial charge in [0.25, 0.3) is 5.91 Å². The minimum absolute atomic E-state index is 0.157. The number of nitrogens with zero attached hydrogens (tertiary/aromatic N) is 1. The standard InChI is InChI=1S/C20H22N4O2/c1-24(2)18(15-6-4-3-5-7-15)14-22-20(26)16-8-10-17(11-9-16)23-19(25)12-13-21/h3-11,18H,12,14H2,1-2H3,(H,22,26)(H,23,25)/p+1/t18-/m1/s1. The quantitative estimate of drug-likeness (QED) is 0.699. The fourth-order valence-electron chi connectivity index (χ4n) is 2.62. The normalized spacial score (nSPS) is 11.5. The van der Waals surface area contributed by atoms with Crippen molar-refractivity contribution in [1.82, 2.24) is 5.32 Å². The number of benzene rings is 2. The summed E-state index contributed by atoms with van der Waals surface area (Å²) in [6.45, 7) is 0.520. The van der Waals surface area contributed by atoms with Crippen LogP contribution >= 0.6 is 0 Å². The number of nitrogens with one attached hydrogen (secondary N) is 3. The van der Waals surface area contributed by atoms with E-state index in [0.29, 0.717) is 17.8 Å². The van der Waals surface area contributed by atoms with Gasteiger partial charge in [-0.15, -0.1) is 0 Å².